The Morgan fingerprint density at radius 3 is 2.62 bits per heavy atom. The summed E-state index contributed by atoms with van der Waals surface area (Å²) in [4.78, 5) is 20.6. The number of amides is 1. The number of nitrogens with zero attached hydrogens (tertiary/aromatic N) is 2. The Morgan fingerprint density at radius 2 is 1.86 bits per heavy atom. The van der Waals surface area contributed by atoms with E-state index in [1.165, 1.54) is 10.4 Å². The van der Waals surface area contributed by atoms with Crippen molar-refractivity contribution in [1.29, 1.82) is 0 Å². The predicted molar refractivity (Wildman–Crippen MR) is 118 cm³/mol. The summed E-state index contributed by atoms with van der Waals surface area (Å²) < 4.78 is 5.33. The van der Waals surface area contributed by atoms with Gasteiger partial charge < -0.3 is 10.1 Å². The molecular weight excluding hydrogens is 382 g/mol. The number of carbonyl (C=O) groups is 1. The third-order valence-corrected chi connectivity index (χ3v) is 6.01. The predicted octanol–water partition coefficient (Wildman–Crippen LogP) is 4.36. The molecule has 0 spiro atoms. The maximum absolute atomic E-state index is 12.4. The van der Waals surface area contributed by atoms with Crippen molar-refractivity contribution in [3.05, 3.63) is 59.0 Å². The molecule has 1 saturated heterocycles. The van der Waals surface area contributed by atoms with Gasteiger partial charge in [0.15, 0.2) is 0 Å². The van der Waals surface area contributed by atoms with Gasteiger partial charge in [0.05, 0.1) is 25.5 Å². The zero-order valence-electron chi connectivity index (χ0n) is 16.8. The quantitative estimate of drug-likeness (QED) is 0.683. The van der Waals surface area contributed by atoms with Crippen molar-refractivity contribution in [3.63, 3.8) is 0 Å². The van der Waals surface area contributed by atoms with Gasteiger partial charge in [-0.2, -0.15) is 0 Å². The van der Waals surface area contributed by atoms with Gasteiger partial charge >= 0.3 is 0 Å². The van der Waals surface area contributed by atoms with E-state index in [4.69, 9.17) is 9.72 Å². The number of rotatable bonds is 5. The summed E-state index contributed by atoms with van der Waals surface area (Å²) in [5, 5.41) is 3.97. The van der Waals surface area contributed by atoms with Crippen LogP contribution < -0.4 is 5.32 Å². The molecule has 1 aliphatic rings. The van der Waals surface area contributed by atoms with Gasteiger partial charge in [-0.25, -0.2) is 4.98 Å². The summed E-state index contributed by atoms with van der Waals surface area (Å²) in [5.41, 5.74) is 5.20. The van der Waals surface area contributed by atoms with Crippen LogP contribution in [0.25, 0.3) is 21.8 Å². The van der Waals surface area contributed by atoms with Crippen LogP contribution in [0.4, 0.5) is 5.69 Å². The molecule has 2 aromatic carbocycles. The topological polar surface area (TPSA) is 54.5 Å². The normalized spacial score (nSPS) is 14.7. The lowest BCUT2D eigenvalue weighted by Gasteiger charge is -2.25. The molecule has 6 heteroatoms. The van der Waals surface area contributed by atoms with E-state index < -0.39 is 0 Å². The Morgan fingerprint density at radius 1 is 1.10 bits per heavy atom. The molecule has 0 aliphatic carbocycles. The SMILES string of the molecule is Cc1ccc(-c2nc(-c3cccc(NC(=O)CN4CCOCC4)c3)sc2C)cc1. The first-order valence-electron chi connectivity index (χ1n) is 9.83. The molecule has 0 atom stereocenters. The molecular formula is C23H25N3O2S. The summed E-state index contributed by atoms with van der Waals surface area (Å²) in [6.07, 6.45) is 0. The number of hydrogen-bond acceptors (Lipinski definition) is 5. The van der Waals surface area contributed by atoms with Gasteiger partial charge in [0.2, 0.25) is 5.91 Å². The molecule has 1 fully saturated rings. The highest BCUT2D eigenvalue weighted by atomic mass is 32.1. The van der Waals surface area contributed by atoms with E-state index in [1.807, 2.05) is 24.3 Å². The standard InChI is InChI=1S/C23H25N3O2S/c1-16-6-8-18(9-7-16)22-17(2)29-23(25-22)19-4-3-5-20(14-19)24-21(27)15-26-10-12-28-13-11-26/h3-9,14H,10-13,15H2,1-2H3,(H,24,27). The van der Waals surface area contributed by atoms with Gasteiger partial charge in [0.1, 0.15) is 5.01 Å². The van der Waals surface area contributed by atoms with Crippen LogP contribution >= 0.6 is 11.3 Å². The summed E-state index contributed by atoms with van der Waals surface area (Å²) in [5.74, 6) is -0.000265. The molecule has 4 rings (SSSR count). The molecule has 0 unspecified atom stereocenters. The minimum atomic E-state index is -0.000265. The van der Waals surface area contributed by atoms with Crippen LogP contribution in [-0.2, 0) is 9.53 Å². The molecule has 0 bridgehead atoms. The summed E-state index contributed by atoms with van der Waals surface area (Å²) in [6, 6.07) is 16.4. The van der Waals surface area contributed by atoms with E-state index in [-0.39, 0.29) is 5.91 Å². The molecule has 3 aromatic rings. The van der Waals surface area contributed by atoms with Crippen molar-refractivity contribution in [1.82, 2.24) is 9.88 Å². The van der Waals surface area contributed by atoms with Crippen LogP contribution in [0.5, 0.6) is 0 Å². The highest BCUT2D eigenvalue weighted by molar-refractivity contribution is 7.15. The summed E-state index contributed by atoms with van der Waals surface area (Å²) in [6.45, 7) is 7.56. The van der Waals surface area contributed by atoms with E-state index >= 15 is 0 Å². The lowest BCUT2D eigenvalue weighted by Crippen LogP contribution is -2.41. The van der Waals surface area contributed by atoms with E-state index in [2.05, 4.69) is 48.3 Å². The monoisotopic (exact) mass is 407 g/mol. The fraction of sp³-hybridized carbons (Fsp3) is 0.304. The van der Waals surface area contributed by atoms with Gasteiger partial charge in [0.25, 0.3) is 0 Å². The number of thiazole rings is 1. The van der Waals surface area contributed by atoms with Crippen molar-refractivity contribution in [3.8, 4) is 21.8 Å². The number of nitrogens with one attached hydrogen (secondary N) is 1. The Bertz CT molecular complexity index is 992. The van der Waals surface area contributed by atoms with Crippen molar-refractivity contribution in [2.24, 2.45) is 0 Å². The van der Waals surface area contributed by atoms with E-state index in [0.29, 0.717) is 19.8 Å². The Hall–Kier alpha value is -2.54. The van der Waals surface area contributed by atoms with Crippen LogP contribution in [0.15, 0.2) is 48.5 Å². The second-order valence-corrected chi connectivity index (χ2v) is 8.51. The Balaban J connectivity index is 1.49. The van der Waals surface area contributed by atoms with Crippen LogP contribution in [0.1, 0.15) is 10.4 Å². The van der Waals surface area contributed by atoms with Crippen molar-refractivity contribution in [2.45, 2.75) is 13.8 Å². The maximum atomic E-state index is 12.4. The molecule has 0 saturated carbocycles. The second-order valence-electron chi connectivity index (χ2n) is 7.31. The van der Waals surface area contributed by atoms with E-state index in [1.54, 1.807) is 11.3 Å². The average molecular weight is 408 g/mol. The Labute approximate surface area is 175 Å². The number of benzene rings is 2. The molecule has 1 N–H and O–H groups in total. The molecule has 1 aliphatic heterocycles. The number of anilines is 1. The minimum absolute atomic E-state index is 0.000265. The average Bonchev–Trinajstić information content (AvgIpc) is 3.11. The number of hydrogen-bond donors (Lipinski definition) is 1. The maximum Gasteiger partial charge on any atom is 0.238 e. The fourth-order valence-electron chi connectivity index (χ4n) is 3.39. The van der Waals surface area contributed by atoms with Crippen LogP contribution in [0.3, 0.4) is 0 Å². The fourth-order valence-corrected chi connectivity index (χ4v) is 4.32. The first kappa shape index (κ1) is 19.8. The van der Waals surface area contributed by atoms with Crippen LogP contribution in [0, 0.1) is 13.8 Å². The van der Waals surface area contributed by atoms with Crippen molar-refractivity contribution >= 4 is 22.9 Å². The number of carbonyl (C=O) groups excluding carboxylic acids is 1. The third kappa shape index (κ3) is 4.90. The summed E-state index contributed by atoms with van der Waals surface area (Å²) >= 11 is 1.68. The number of aryl methyl sites for hydroxylation is 2. The molecule has 1 aromatic heterocycles. The highest BCUT2D eigenvalue weighted by Crippen LogP contribution is 2.34. The lowest BCUT2D eigenvalue weighted by atomic mass is 10.1. The summed E-state index contributed by atoms with van der Waals surface area (Å²) in [7, 11) is 0. The lowest BCUT2D eigenvalue weighted by molar-refractivity contribution is -0.118. The van der Waals surface area contributed by atoms with E-state index in [9.17, 15) is 4.79 Å². The van der Waals surface area contributed by atoms with Gasteiger partial charge in [-0.15, -0.1) is 11.3 Å². The molecule has 2 heterocycles. The molecule has 29 heavy (non-hydrogen) atoms. The van der Waals surface area contributed by atoms with Gasteiger partial charge in [-0.3, -0.25) is 9.69 Å². The molecule has 150 valence electrons. The van der Waals surface area contributed by atoms with Crippen molar-refractivity contribution in [2.75, 3.05) is 38.2 Å². The third-order valence-electron chi connectivity index (χ3n) is 4.99. The van der Waals surface area contributed by atoms with E-state index in [0.717, 1.165) is 40.6 Å². The zero-order chi connectivity index (χ0) is 20.2. The largest absolute Gasteiger partial charge is 0.379 e. The first-order chi connectivity index (χ1) is 14.1. The van der Waals surface area contributed by atoms with Crippen molar-refractivity contribution < 1.29 is 9.53 Å². The number of ether oxygens (including phenoxy) is 1. The number of aromatic nitrogens is 1. The molecule has 0 radical (unpaired) electrons. The second kappa shape index (κ2) is 8.86. The first-order valence-corrected chi connectivity index (χ1v) is 10.6. The Kier molecular flexibility index (Phi) is 6.04. The van der Waals surface area contributed by atoms with Gasteiger partial charge in [-0.05, 0) is 26.0 Å². The smallest absolute Gasteiger partial charge is 0.238 e. The molecule has 5 nitrogen and oxygen atoms in total. The molecule has 1 amide bonds. The number of morpholine rings is 1. The highest BCUT2D eigenvalue weighted by Gasteiger charge is 2.15. The van der Waals surface area contributed by atoms with Gasteiger partial charge in [-0.1, -0.05) is 42.0 Å². The van der Waals surface area contributed by atoms with Gasteiger partial charge in [0, 0.05) is 34.8 Å². The van der Waals surface area contributed by atoms with Crippen LogP contribution in [-0.4, -0.2) is 48.6 Å². The minimum Gasteiger partial charge on any atom is -0.379 e. The van der Waals surface area contributed by atoms with Crippen LogP contribution in [0.2, 0.25) is 0 Å². The zero-order valence-corrected chi connectivity index (χ0v) is 17.6.